The van der Waals surface area contributed by atoms with Crippen LogP contribution in [0.3, 0.4) is 0 Å². The first-order valence-electron chi connectivity index (χ1n) is 5.13. The molecule has 0 bridgehead atoms. The summed E-state index contributed by atoms with van der Waals surface area (Å²) >= 11 is 6.63. The van der Waals surface area contributed by atoms with Crippen molar-refractivity contribution >= 4 is 29.3 Å². The monoisotopic (exact) mass is 314 g/mol. The largest absolute Gasteiger partial charge is 0.478 e. The van der Waals surface area contributed by atoms with Crippen LogP contribution >= 0.6 is 23.4 Å². The minimum Gasteiger partial charge on any atom is -0.478 e. The molecule has 2 heterocycles. The van der Waals surface area contributed by atoms with Gasteiger partial charge in [-0.1, -0.05) is 11.6 Å². The fourth-order valence-corrected chi connectivity index (χ4v) is 2.38. The van der Waals surface area contributed by atoms with E-state index < -0.39 is 17.1 Å². The van der Waals surface area contributed by atoms with E-state index >= 15 is 0 Å². The van der Waals surface area contributed by atoms with Gasteiger partial charge < -0.3 is 5.11 Å². The Labute approximate surface area is 120 Å². The first kappa shape index (κ1) is 14.3. The molecule has 2 aromatic heterocycles. The van der Waals surface area contributed by atoms with Gasteiger partial charge in [0.15, 0.2) is 5.16 Å². The molecule has 2 rings (SSSR count). The van der Waals surface area contributed by atoms with Crippen molar-refractivity contribution in [2.24, 2.45) is 7.05 Å². The van der Waals surface area contributed by atoms with Gasteiger partial charge in [-0.05, 0) is 23.9 Å². The summed E-state index contributed by atoms with van der Waals surface area (Å²) < 4.78 is 1.23. The van der Waals surface area contributed by atoms with Crippen molar-refractivity contribution in [1.29, 1.82) is 0 Å². The highest BCUT2D eigenvalue weighted by molar-refractivity contribution is 7.99. The van der Waals surface area contributed by atoms with Crippen LogP contribution in [0, 0.1) is 0 Å². The minimum absolute atomic E-state index is 0.00169. The van der Waals surface area contributed by atoms with E-state index in [1.165, 1.54) is 23.9 Å². The van der Waals surface area contributed by atoms with Crippen molar-refractivity contribution < 1.29 is 9.90 Å². The zero-order chi connectivity index (χ0) is 14.9. The second kappa shape index (κ2) is 5.47. The third-order valence-corrected chi connectivity index (χ3v) is 3.32. The molecule has 8 nitrogen and oxygen atoms in total. The van der Waals surface area contributed by atoms with Crippen LogP contribution in [0.1, 0.15) is 10.4 Å². The van der Waals surface area contributed by atoms with Gasteiger partial charge in [0.05, 0.1) is 5.56 Å². The van der Waals surface area contributed by atoms with Crippen LogP contribution in [0.25, 0.3) is 0 Å². The Morgan fingerprint density at radius 2 is 2.10 bits per heavy atom. The van der Waals surface area contributed by atoms with Gasteiger partial charge in [-0.3, -0.25) is 19.4 Å². The highest BCUT2D eigenvalue weighted by atomic mass is 35.5. The predicted octanol–water partition coefficient (Wildman–Crippen LogP) is 0.366. The Bertz CT molecular complexity index is 801. The highest BCUT2D eigenvalue weighted by Crippen LogP contribution is 2.25. The number of aromatic amines is 1. The van der Waals surface area contributed by atoms with Gasteiger partial charge in [-0.2, -0.15) is 4.98 Å². The Hall–Kier alpha value is -2.13. The Morgan fingerprint density at radius 1 is 1.40 bits per heavy atom. The second-order valence-corrected chi connectivity index (χ2v) is 5.00. The molecule has 0 aliphatic carbocycles. The normalized spacial score (nSPS) is 10.5. The van der Waals surface area contributed by atoms with Crippen LogP contribution in [-0.2, 0) is 7.05 Å². The molecular weight excluding hydrogens is 308 g/mol. The fraction of sp³-hybridized carbons (Fsp3) is 0.100. The number of nitrogens with zero attached hydrogens (tertiary/aromatic N) is 3. The van der Waals surface area contributed by atoms with Crippen molar-refractivity contribution in [2.45, 2.75) is 10.2 Å². The summed E-state index contributed by atoms with van der Waals surface area (Å²) in [4.78, 5) is 40.7. The Kier molecular flexibility index (Phi) is 3.91. The van der Waals surface area contributed by atoms with Crippen molar-refractivity contribution in [3.8, 4) is 0 Å². The number of hydrogen-bond acceptors (Lipinski definition) is 6. The van der Waals surface area contributed by atoms with E-state index in [-0.39, 0.29) is 20.9 Å². The molecule has 0 spiro atoms. The summed E-state index contributed by atoms with van der Waals surface area (Å²) in [6.45, 7) is 0. The van der Waals surface area contributed by atoms with Crippen LogP contribution in [0.5, 0.6) is 0 Å². The van der Waals surface area contributed by atoms with Crippen molar-refractivity contribution in [3.05, 3.63) is 43.6 Å². The first-order valence-corrected chi connectivity index (χ1v) is 6.32. The van der Waals surface area contributed by atoms with Crippen LogP contribution < -0.4 is 11.1 Å². The molecule has 2 N–H and O–H groups in total. The highest BCUT2D eigenvalue weighted by Gasteiger charge is 2.11. The lowest BCUT2D eigenvalue weighted by molar-refractivity contribution is 0.0696. The number of carbonyl (C=O) groups is 1. The fourth-order valence-electron chi connectivity index (χ4n) is 1.29. The summed E-state index contributed by atoms with van der Waals surface area (Å²) in [5.74, 6) is -1.15. The van der Waals surface area contributed by atoms with Gasteiger partial charge in [0, 0.05) is 7.05 Å². The molecule has 0 saturated carbocycles. The maximum absolute atomic E-state index is 11.2. The van der Waals surface area contributed by atoms with Crippen LogP contribution in [-0.4, -0.2) is 30.8 Å². The zero-order valence-corrected chi connectivity index (χ0v) is 11.5. The van der Waals surface area contributed by atoms with Crippen molar-refractivity contribution in [3.63, 3.8) is 0 Å². The molecule has 0 saturated heterocycles. The molecule has 0 aliphatic heterocycles. The van der Waals surface area contributed by atoms with Crippen molar-refractivity contribution in [1.82, 2.24) is 19.7 Å². The van der Waals surface area contributed by atoms with Gasteiger partial charge in [0.25, 0.3) is 0 Å². The molecule has 0 aliphatic rings. The number of carboxylic acids is 1. The molecule has 0 unspecified atom stereocenters. The summed E-state index contributed by atoms with van der Waals surface area (Å²) in [7, 11) is 1.48. The molecule has 0 radical (unpaired) electrons. The number of carboxylic acid groups (broad SMARTS) is 1. The maximum atomic E-state index is 11.2. The molecule has 2 aromatic rings. The van der Waals surface area contributed by atoms with Crippen LogP contribution in [0.4, 0.5) is 0 Å². The van der Waals surface area contributed by atoms with E-state index in [9.17, 15) is 14.4 Å². The lowest BCUT2D eigenvalue weighted by atomic mass is 10.3. The molecule has 20 heavy (non-hydrogen) atoms. The molecule has 10 heteroatoms. The van der Waals surface area contributed by atoms with E-state index in [0.29, 0.717) is 0 Å². The maximum Gasteiger partial charge on any atom is 0.339 e. The molecule has 0 fully saturated rings. The number of rotatable bonds is 3. The van der Waals surface area contributed by atoms with E-state index in [1.54, 1.807) is 0 Å². The van der Waals surface area contributed by atoms with E-state index in [0.717, 1.165) is 11.8 Å². The van der Waals surface area contributed by atoms with Gasteiger partial charge in [0.1, 0.15) is 10.2 Å². The summed E-state index contributed by atoms with van der Waals surface area (Å²) in [6.07, 6.45) is 0. The number of pyridine rings is 1. The minimum atomic E-state index is -1.15. The number of aromatic carboxylic acids is 1. The lowest BCUT2D eigenvalue weighted by Crippen LogP contribution is -2.33. The number of nitrogens with one attached hydrogen (secondary N) is 1. The molecular formula is C10H7ClN4O4S. The van der Waals surface area contributed by atoms with Gasteiger partial charge in [0.2, 0.25) is 0 Å². The second-order valence-electron chi connectivity index (χ2n) is 3.62. The van der Waals surface area contributed by atoms with Crippen LogP contribution in [0.2, 0.25) is 5.15 Å². The third-order valence-electron chi connectivity index (χ3n) is 2.16. The average Bonchev–Trinajstić information content (AvgIpc) is 2.35. The number of H-pyrrole nitrogens is 1. The molecule has 104 valence electrons. The predicted molar refractivity (Wildman–Crippen MR) is 70.4 cm³/mol. The SMILES string of the molecule is Cn1[nH]c(=O)c(=O)nc1Sc1cc(C(=O)O)cc(Cl)n1. The van der Waals surface area contributed by atoms with Crippen molar-refractivity contribution in [2.75, 3.05) is 0 Å². The number of aromatic nitrogens is 4. The Morgan fingerprint density at radius 3 is 2.75 bits per heavy atom. The summed E-state index contributed by atoms with van der Waals surface area (Å²) in [6, 6.07) is 2.49. The number of hydrogen-bond donors (Lipinski definition) is 2. The van der Waals surface area contributed by atoms with Gasteiger partial charge in [-0.25, -0.2) is 9.78 Å². The number of halogens is 1. The van der Waals surface area contributed by atoms with Gasteiger partial charge >= 0.3 is 17.1 Å². The first-order chi connectivity index (χ1) is 9.36. The molecule has 0 atom stereocenters. The third kappa shape index (κ3) is 3.06. The molecule has 0 aromatic carbocycles. The quantitative estimate of drug-likeness (QED) is 0.620. The standard InChI is InChI=1S/C10H7ClN4O4S/c1-15-10(13-7(16)8(17)14-15)20-6-3-4(9(18)19)2-5(11)12-6/h2-3H,1H3,(H,14,17)(H,18,19). The summed E-state index contributed by atoms with van der Waals surface area (Å²) in [5, 5.41) is 11.6. The molecule has 0 amide bonds. The lowest BCUT2D eigenvalue weighted by Gasteiger charge is -2.06. The number of aryl methyl sites for hydroxylation is 1. The zero-order valence-electron chi connectivity index (χ0n) is 9.95. The van der Waals surface area contributed by atoms with Crippen LogP contribution in [0.15, 0.2) is 31.9 Å². The van der Waals surface area contributed by atoms with E-state index in [2.05, 4.69) is 15.1 Å². The average molecular weight is 315 g/mol. The van der Waals surface area contributed by atoms with E-state index in [4.69, 9.17) is 16.7 Å². The van der Waals surface area contributed by atoms with Gasteiger partial charge in [-0.15, -0.1) is 0 Å². The topological polar surface area (TPSA) is 118 Å². The Balaban J connectivity index is 2.45. The smallest absolute Gasteiger partial charge is 0.339 e. The van der Waals surface area contributed by atoms with E-state index in [1.807, 2.05) is 0 Å². The summed E-state index contributed by atoms with van der Waals surface area (Å²) in [5.41, 5.74) is -1.82.